The third-order valence-corrected chi connectivity index (χ3v) is 7.70. The quantitative estimate of drug-likeness (QED) is 0.250. The summed E-state index contributed by atoms with van der Waals surface area (Å²) in [6.07, 6.45) is 8.51. The van der Waals surface area contributed by atoms with Gasteiger partial charge in [0.1, 0.15) is 11.9 Å². The second kappa shape index (κ2) is 7.27. The smallest absolute Gasteiger partial charge is 0.223 e. The van der Waals surface area contributed by atoms with Crippen LogP contribution in [0.3, 0.4) is 0 Å². The molecule has 0 spiro atoms. The van der Waals surface area contributed by atoms with Crippen LogP contribution in [0.25, 0.3) is 42.7 Å². The van der Waals surface area contributed by atoms with Crippen molar-refractivity contribution < 1.29 is 4.74 Å². The van der Waals surface area contributed by atoms with Gasteiger partial charge in [-0.05, 0) is 53.1 Å². The van der Waals surface area contributed by atoms with Gasteiger partial charge in [0.05, 0.1) is 15.9 Å². The van der Waals surface area contributed by atoms with E-state index in [-0.39, 0.29) is 17.3 Å². The number of nitrogens with zero attached hydrogens (tertiary/aromatic N) is 2. The fourth-order valence-corrected chi connectivity index (χ4v) is 6.17. The average Bonchev–Trinajstić information content (AvgIpc) is 3.41. The van der Waals surface area contributed by atoms with Crippen LogP contribution in [0.1, 0.15) is 11.5 Å². The molecular formula is C28H17ClN2OS. The van der Waals surface area contributed by atoms with Crippen molar-refractivity contribution in [2.45, 2.75) is 12.0 Å². The maximum Gasteiger partial charge on any atom is 0.223 e. The van der Waals surface area contributed by atoms with Crippen LogP contribution in [0, 0.1) is 0 Å². The lowest BCUT2D eigenvalue weighted by Crippen LogP contribution is -2.15. The molecule has 1 aliphatic heterocycles. The van der Waals surface area contributed by atoms with Gasteiger partial charge >= 0.3 is 0 Å². The fraction of sp³-hybridized carbons (Fsp3) is 0.0714. The average molecular weight is 465 g/mol. The highest BCUT2D eigenvalue weighted by atomic mass is 35.5. The number of hydrogen-bond acceptors (Lipinski definition) is 4. The van der Waals surface area contributed by atoms with E-state index < -0.39 is 0 Å². The number of hydrogen-bond donors (Lipinski definition) is 0. The topological polar surface area (TPSA) is 35.0 Å². The summed E-state index contributed by atoms with van der Waals surface area (Å²) in [5.74, 6) is 1.17. The molecule has 3 nitrogen and oxygen atoms in total. The molecule has 2 aliphatic rings. The van der Waals surface area contributed by atoms with Crippen molar-refractivity contribution in [1.82, 2.24) is 9.97 Å². The molecule has 158 valence electrons. The van der Waals surface area contributed by atoms with Crippen LogP contribution in [-0.4, -0.2) is 16.1 Å². The van der Waals surface area contributed by atoms with E-state index in [9.17, 15) is 0 Å². The molecular weight excluding hydrogens is 448 g/mol. The first-order chi connectivity index (χ1) is 16.2. The molecule has 3 aromatic carbocycles. The van der Waals surface area contributed by atoms with Gasteiger partial charge in [-0.1, -0.05) is 60.7 Å². The van der Waals surface area contributed by atoms with Crippen molar-refractivity contribution in [3.63, 3.8) is 0 Å². The molecule has 3 heterocycles. The van der Waals surface area contributed by atoms with Crippen LogP contribution < -0.4 is 4.74 Å². The van der Waals surface area contributed by atoms with Gasteiger partial charge in [-0.25, -0.2) is 9.97 Å². The fourth-order valence-electron chi connectivity index (χ4n) is 4.81. The first-order valence-electron chi connectivity index (χ1n) is 10.9. The second-order valence-electron chi connectivity index (χ2n) is 8.33. The highest BCUT2D eigenvalue weighted by Gasteiger charge is 2.32. The summed E-state index contributed by atoms with van der Waals surface area (Å²) >= 11 is 8.14. The summed E-state index contributed by atoms with van der Waals surface area (Å²) in [5, 5.41) is 1.37. The minimum absolute atomic E-state index is 0.0648. The highest BCUT2D eigenvalue weighted by Crippen LogP contribution is 2.45. The molecule has 0 saturated heterocycles. The van der Waals surface area contributed by atoms with Crippen molar-refractivity contribution >= 4 is 43.2 Å². The number of rotatable bonds is 2. The SMILES string of the molecule is Clc1nc(-c2ccc3c(c2)C2C=CC=CC2O3)c2sc3cc(-c4ccccc4)ccc3c2n1. The Balaban J connectivity index is 1.41. The Morgan fingerprint density at radius 2 is 1.67 bits per heavy atom. The molecule has 5 heteroatoms. The first kappa shape index (κ1) is 19.0. The molecule has 2 unspecified atom stereocenters. The normalized spacial score (nSPS) is 18.5. The zero-order chi connectivity index (χ0) is 21.9. The van der Waals surface area contributed by atoms with Gasteiger partial charge in [0.25, 0.3) is 0 Å². The Labute approximate surface area is 199 Å². The highest BCUT2D eigenvalue weighted by molar-refractivity contribution is 7.26. The summed E-state index contributed by atoms with van der Waals surface area (Å²) < 4.78 is 8.35. The summed E-state index contributed by atoms with van der Waals surface area (Å²) in [6, 6.07) is 23.3. The molecule has 7 rings (SSSR count). The van der Waals surface area contributed by atoms with E-state index in [0.717, 1.165) is 32.6 Å². The molecule has 0 amide bonds. The maximum absolute atomic E-state index is 6.42. The van der Waals surface area contributed by atoms with E-state index in [1.807, 2.05) is 18.2 Å². The van der Waals surface area contributed by atoms with E-state index in [4.69, 9.17) is 16.3 Å². The molecule has 0 radical (unpaired) electrons. The molecule has 1 aliphatic carbocycles. The predicted molar refractivity (Wildman–Crippen MR) is 136 cm³/mol. The minimum atomic E-state index is 0.0648. The predicted octanol–water partition coefficient (Wildman–Crippen LogP) is 7.80. The molecule has 0 bridgehead atoms. The molecule has 0 fully saturated rings. The first-order valence-corrected chi connectivity index (χ1v) is 12.1. The van der Waals surface area contributed by atoms with Crippen molar-refractivity contribution in [3.05, 3.63) is 102 Å². The maximum atomic E-state index is 6.42. The summed E-state index contributed by atoms with van der Waals surface area (Å²) in [5.41, 5.74) is 6.38. The number of allylic oxidation sites excluding steroid dienone is 2. The number of aromatic nitrogens is 2. The number of ether oxygens (including phenoxy) is 1. The van der Waals surface area contributed by atoms with Crippen molar-refractivity contribution in [1.29, 1.82) is 0 Å². The molecule has 0 N–H and O–H groups in total. The molecule has 2 aromatic heterocycles. The van der Waals surface area contributed by atoms with Crippen LogP contribution in [0.4, 0.5) is 0 Å². The summed E-state index contributed by atoms with van der Waals surface area (Å²) in [6.45, 7) is 0. The lowest BCUT2D eigenvalue weighted by atomic mass is 9.91. The van der Waals surface area contributed by atoms with Gasteiger partial charge < -0.3 is 4.74 Å². The second-order valence-corrected chi connectivity index (χ2v) is 9.72. The van der Waals surface area contributed by atoms with Gasteiger partial charge in [0.2, 0.25) is 5.28 Å². The monoisotopic (exact) mass is 464 g/mol. The third-order valence-electron chi connectivity index (χ3n) is 6.38. The van der Waals surface area contributed by atoms with E-state index in [1.54, 1.807) is 11.3 Å². The van der Waals surface area contributed by atoms with Gasteiger partial charge in [-0.3, -0.25) is 0 Å². The van der Waals surface area contributed by atoms with E-state index in [1.165, 1.54) is 21.4 Å². The molecule has 0 saturated carbocycles. The number of benzene rings is 3. The number of halogens is 1. The zero-order valence-corrected chi connectivity index (χ0v) is 19.0. The van der Waals surface area contributed by atoms with E-state index >= 15 is 0 Å². The van der Waals surface area contributed by atoms with Crippen molar-refractivity contribution in [2.75, 3.05) is 0 Å². The Morgan fingerprint density at radius 1 is 0.818 bits per heavy atom. The van der Waals surface area contributed by atoms with Crippen LogP contribution >= 0.6 is 22.9 Å². The summed E-state index contributed by atoms with van der Waals surface area (Å²) in [4.78, 5) is 9.28. The standard InChI is InChI=1S/C28H17ClN2OS/c29-28-30-25(18-11-13-23-21(14-18)19-8-4-5-9-22(19)32-23)27-26(31-28)20-12-10-17(15-24(20)33-27)16-6-2-1-3-7-16/h1-15,19,22H. The van der Waals surface area contributed by atoms with Crippen molar-refractivity contribution in [3.8, 4) is 28.1 Å². The van der Waals surface area contributed by atoms with Crippen LogP contribution in [0.2, 0.25) is 5.28 Å². The van der Waals surface area contributed by atoms with E-state index in [0.29, 0.717) is 0 Å². The van der Waals surface area contributed by atoms with Crippen LogP contribution in [0.15, 0.2) is 91.0 Å². The molecule has 2 atom stereocenters. The number of thiophene rings is 1. The number of fused-ring (bicyclic) bond motifs is 6. The Bertz CT molecular complexity index is 1620. The third kappa shape index (κ3) is 3.02. The Morgan fingerprint density at radius 3 is 2.58 bits per heavy atom. The Hall–Kier alpha value is -3.47. The van der Waals surface area contributed by atoms with Crippen molar-refractivity contribution in [2.24, 2.45) is 0 Å². The van der Waals surface area contributed by atoms with Gasteiger partial charge in [0.15, 0.2) is 0 Å². The van der Waals surface area contributed by atoms with Gasteiger partial charge in [-0.2, -0.15) is 0 Å². The minimum Gasteiger partial charge on any atom is -0.485 e. The zero-order valence-electron chi connectivity index (χ0n) is 17.4. The van der Waals surface area contributed by atoms with Gasteiger partial charge in [-0.15, -0.1) is 11.3 Å². The van der Waals surface area contributed by atoms with E-state index in [2.05, 4.69) is 82.8 Å². The molecule has 33 heavy (non-hydrogen) atoms. The molecule has 5 aromatic rings. The summed E-state index contributed by atoms with van der Waals surface area (Å²) in [7, 11) is 0. The Kier molecular flexibility index (Phi) is 4.20. The van der Waals surface area contributed by atoms with Crippen LogP contribution in [-0.2, 0) is 0 Å². The lowest BCUT2D eigenvalue weighted by Gasteiger charge is -2.14. The van der Waals surface area contributed by atoms with Crippen LogP contribution in [0.5, 0.6) is 5.75 Å². The largest absolute Gasteiger partial charge is 0.485 e. The lowest BCUT2D eigenvalue weighted by molar-refractivity contribution is 0.269. The van der Waals surface area contributed by atoms with Gasteiger partial charge in [0, 0.05) is 27.1 Å².